The number of nitrogens with zero attached hydrogens (tertiary/aromatic N) is 3. The van der Waals surface area contributed by atoms with Gasteiger partial charge in [-0.25, -0.2) is 4.98 Å². The zero-order valence-electron chi connectivity index (χ0n) is 7.38. The smallest absolute Gasteiger partial charge is 0.301 e. The number of hydrogen-bond acceptors (Lipinski definition) is 3. The highest BCUT2D eigenvalue weighted by atomic mass is 79.9. The van der Waals surface area contributed by atoms with Gasteiger partial charge in [-0.05, 0) is 13.0 Å². The Morgan fingerprint density at radius 2 is 2.29 bits per heavy atom. The Kier molecular flexibility index (Phi) is 2.85. The average Bonchev–Trinajstić information content (AvgIpc) is 2.43. The summed E-state index contributed by atoms with van der Waals surface area (Å²) in [5.74, 6) is 0. The van der Waals surface area contributed by atoms with Crippen LogP contribution in [0.1, 0.15) is 5.69 Å². The highest BCUT2D eigenvalue weighted by molar-refractivity contribution is 8.93. The molecule has 0 aliphatic carbocycles. The number of pyridine rings is 1. The summed E-state index contributed by atoms with van der Waals surface area (Å²) < 4.78 is 1.65. The lowest BCUT2D eigenvalue weighted by Crippen LogP contribution is -1.92. The minimum Gasteiger partial charge on any atom is -0.301 e. The molecule has 0 aliphatic rings. The molecule has 0 saturated carbocycles. The van der Waals surface area contributed by atoms with Gasteiger partial charge in [-0.2, -0.15) is 0 Å². The average molecular weight is 258 g/mol. The Labute approximate surface area is 90.3 Å². The van der Waals surface area contributed by atoms with Crippen molar-refractivity contribution in [3.05, 3.63) is 40.3 Å². The normalized spacial score (nSPS) is 9.79. The summed E-state index contributed by atoms with van der Waals surface area (Å²) >= 11 is 0. The van der Waals surface area contributed by atoms with Crippen LogP contribution in [-0.2, 0) is 0 Å². The summed E-state index contributed by atoms with van der Waals surface area (Å²) in [6.45, 7) is 1.80. The van der Waals surface area contributed by atoms with Crippen LogP contribution in [0.25, 0.3) is 5.65 Å². The Morgan fingerprint density at radius 1 is 1.57 bits per heavy atom. The van der Waals surface area contributed by atoms with E-state index in [1.165, 1.54) is 6.07 Å². The lowest BCUT2D eigenvalue weighted by atomic mass is 10.4. The van der Waals surface area contributed by atoms with Crippen molar-refractivity contribution in [2.45, 2.75) is 6.92 Å². The third-order valence-corrected chi connectivity index (χ3v) is 1.78. The molecule has 0 aliphatic heterocycles. The van der Waals surface area contributed by atoms with Gasteiger partial charge in [0.25, 0.3) is 0 Å². The van der Waals surface area contributed by atoms with Crippen LogP contribution in [0.2, 0.25) is 0 Å². The fourth-order valence-electron chi connectivity index (χ4n) is 1.26. The second-order valence-corrected chi connectivity index (χ2v) is 2.76. The van der Waals surface area contributed by atoms with Crippen LogP contribution >= 0.6 is 17.0 Å². The Balaban J connectivity index is 0.000000980. The Hall–Kier alpha value is -1.43. The van der Waals surface area contributed by atoms with E-state index in [2.05, 4.69) is 4.98 Å². The van der Waals surface area contributed by atoms with E-state index in [1.807, 2.05) is 0 Å². The number of hydrogen-bond donors (Lipinski definition) is 0. The second kappa shape index (κ2) is 3.75. The van der Waals surface area contributed by atoms with E-state index in [-0.39, 0.29) is 22.7 Å². The van der Waals surface area contributed by atoms with E-state index in [0.717, 1.165) is 5.69 Å². The molecule has 2 aromatic rings. The highest BCUT2D eigenvalue weighted by Crippen LogP contribution is 2.17. The van der Waals surface area contributed by atoms with Gasteiger partial charge in [0, 0.05) is 18.5 Å². The molecule has 0 bridgehead atoms. The predicted octanol–water partition coefficient (Wildman–Crippen LogP) is 2.13. The van der Waals surface area contributed by atoms with Gasteiger partial charge in [0.1, 0.15) is 0 Å². The number of halogens is 1. The molecule has 0 saturated heterocycles. The highest BCUT2D eigenvalue weighted by Gasteiger charge is 2.12. The summed E-state index contributed by atoms with van der Waals surface area (Å²) in [7, 11) is 0. The van der Waals surface area contributed by atoms with E-state index in [4.69, 9.17) is 0 Å². The molecule has 0 atom stereocenters. The molecule has 74 valence electrons. The molecular formula is C8H8BrN3O2. The van der Waals surface area contributed by atoms with E-state index >= 15 is 0 Å². The molecule has 2 rings (SSSR count). The number of nitro groups is 1. The van der Waals surface area contributed by atoms with Gasteiger partial charge < -0.3 is 4.40 Å². The molecule has 0 spiro atoms. The van der Waals surface area contributed by atoms with Gasteiger partial charge in [-0.1, -0.05) is 0 Å². The van der Waals surface area contributed by atoms with Crippen LogP contribution in [0.5, 0.6) is 0 Å². The number of imidazole rings is 1. The van der Waals surface area contributed by atoms with E-state index < -0.39 is 4.92 Å². The zero-order chi connectivity index (χ0) is 9.42. The standard InChI is InChI=1S/C8H7N3O2.BrH/c1-6-5-10-4-2-3-7(11(12)13)8(10)9-6;/h2-5H,1H3;1H. The first-order chi connectivity index (χ1) is 6.18. The quantitative estimate of drug-likeness (QED) is 0.581. The van der Waals surface area contributed by atoms with Gasteiger partial charge in [0.2, 0.25) is 5.65 Å². The first-order valence-electron chi connectivity index (χ1n) is 3.77. The van der Waals surface area contributed by atoms with Crippen molar-refractivity contribution in [2.24, 2.45) is 0 Å². The minimum absolute atomic E-state index is 0. The molecular weight excluding hydrogens is 250 g/mol. The number of aromatic nitrogens is 2. The molecule has 0 amide bonds. The molecule has 0 N–H and O–H groups in total. The van der Waals surface area contributed by atoms with Crippen molar-refractivity contribution in [1.82, 2.24) is 9.38 Å². The first-order valence-corrected chi connectivity index (χ1v) is 3.77. The van der Waals surface area contributed by atoms with Gasteiger partial charge in [-0.3, -0.25) is 10.1 Å². The van der Waals surface area contributed by atoms with E-state index in [9.17, 15) is 10.1 Å². The van der Waals surface area contributed by atoms with Crippen molar-refractivity contribution in [2.75, 3.05) is 0 Å². The van der Waals surface area contributed by atoms with Crippen LogP contribution < -0.4 is 0 Å². The van der Waals surface area contributed by atoms with Gasteiger partial charge in [0.05, 0.1) is 10.6 Å². The largest absolute Gasteiger partial charge is 0.312 e. The number of rotatable bonds is 1. The van der Waals surface area contributed by atoms with Crippen LogP contribution in [0.3, 0.4) is 0 Å². The van der Waals surface area contributed by atoms with Crippen LogP contribution in [0.15, 0.2) is 24.5 Å². The first kappa shape index (κ1) is 10.6. The van der Waals surface area contributed by atoms with Crippen molar-refractivity contribution in [1.29, 1.82) is 0 Å². The summed E-state index contributed by atoms with van der Waals surface area (Å²) in [6.07, 6.45) is 3.49. The van der Waals surface area contributed by atoms with E-state index in [1.54, 1.807) is 29.8 Å². The van der Waals surface area contributed by atoms with Crippen LogP contribution in [0, 0.1) is 17.0 Å². The lowest BCUT2D eigenvalue weighted by Gasteiger charge is -1.92. The van der Waals surface area contributed by atoms with Crippen molar-refractivity contribution < 1.29 is 4.92 Å². The molecule has 5 nitrogen and oxygen atoms in total. The maximum Gasteiger partial charge on any atom is 0.312 e. The Morgan fingerprint density at radius 3 is 2.93 bits per heavy atom. The lowest BCUT2D eigenvalue weighted by molar-refractivity contribution is -0.383. The van der Waals surface area contributed by atoms with Gasteiger partial charge in [0.15, 0.2) is 0 Å². The Bertz CT molecular complexity index is 480. The summed E-state index contributed by atoms with van der Waals surface area (Å²) in [6, 6.07) is 3.08. The number of fused-ring (bicyclic) bond motifs is 1. The molecule has 6 heteroatoms. The van der Waals surface area contributed by atoms with E-state index in [0.29, 0.717) is 5.65 Å². The van der Waals surface area contributed by atoms with Crippen LogP contribution in [-0.4, -0.2) is 14.3 Å². The predicted molar refractivity (Wildman–Crippen MR) is 56.9 cm³/mol. The molecule has 0 unspecified atom stereocenters. The second-order valence-electron chi connectivity index (χ2n) is 2.76. The summed E-state index contributed by atoms with van der Waals surface area (Å²) in [5.41, 5.74) is 1.20. The third-order valence-electron chi connectivity index (χ3n) is 1.78. The molecule has 0 fully saturated rings. The molecule has 0 radical (unpaired) electrons. The molecule has 2 heterocycles. The third kappa shape index (κ3) is 1.60. The summed E-state index contributed by atoms with van der Waals surface area (Å²) in [4.78, 5) is 14.2. The fourth-order valence-corrected chi connectivity index (χ4v) is 1.26. The SMILES string of the molecule is Br.Cc1cn2cccc([N+](=O)[O-])c2n1. The molecule has 0 aromatic carbocycles. The fraction of sp³-hybridized carbons (Fsp3) is 0.125. The zero-order valence-corrected chi connectivity index (χ0v) is 9.09. The number of aryl methyl sites for hydroxylation is 1. The summed E-state index contributed by atoms with van der Waals surface area (Å²) in [5, 5.41) is 10.6. The van der Waals surface area contributed by atoms with Gasteiger partial charge >= 0.3 is 5.69 Å². The maximum atomic E-state index is 10.6. The van der Waals surface area contributed by atoms with Crippen molar-refractivity contribution in [3.8, 4) is 0 Å². The van der Waals surface area contributed by atoms with Crippen LogP contribution in [0.4, 0.5) is 5.69 Å². The van der Waals surface area contributed by atoms with Gasteiger partial charge in [-0.15, -0.1) is 17.0 Å². The maximum absolute atomic E-state index is 10.6. The van der Waals surface area contributed by atoms with Crippen molar-refractivity contribution >= 4 is 28.3 Å². The van der Waals surface area contributed by atoms with Crippen molar-refractivity contribution in [3.63, 3.8) is 0 Å². The molecule has 2 aromatic heterocycles. The monoisotopic (exact) mass is 257 g/mol. The minimum atomic E-state index is -0.429. The molecule has 14 heavy (non-hydrogen) atoms. The topological polar surface area (TPSA) is 60.4 Å².